The third-order valence-corrected chi connectivity index (χ3v) is 3.07. The fourth-order valence-electron chi connectivity index (χ4n) is 2.16. The van der Waals surface area contributed by atoms with E-state index in [9.17, 15) is 4.79 Å². The molecule has 8 heteroatoms. The van der Waals surface area contributed by atoms with Gasteiger partial charge >= 0.3 is 0 Å². The number of nitrogens with zero attached hydrogens (tertiary/aromatic N) is 3. The molecule has 3 N–H and O–H groups in total. The van der Waals surface area contributed by atoms with Crippen LogP contribution in [0.4, 0.5) is 11.8 Å². The van der Waals surface area contributed by atoms with Crippen molar-refractivity contribution in [3.8, 4) is 5.88 Å². The molecule has 8 nitrogen and oxygen atoms in total. The molecule has 0 aromatic carbocycles. The van der Waals surface area contributed by atoms with Crippen LogP contribution < -0.4 is 20.7 Å². The van der Waals surface area contributed by atoms with Crippen LogP contribution in [0, 0.1) is 0 Å². The number of hydrogen-bond acceptors (Lipinski definition) is 7. The number of carbonyl (C=O) groups excluding carboxylic acids is 1. The van der Waals surface area contributed by atoms with Crippen molar-refractivity contribution in [2.75, 3.05) is 37.5 Å². The Bertz CT molecular complexity index is 509. The zero-order chi connectivity index (χ0) is 15.4. The van der Waals surface area contributed by atoms with Crippen molar-refractivity contribution in [1.29, 1.82) is 0 Å². The maximum atomic E-state index is 12.3. The minimum absolute atomic E-state index is 0.0614. The summed E-state index contributed by atoms with van der Waals surface area (Å²) in [5.74, 6) is 0.943. The number of aromatic nitrogens is 2. The van der Waals surface area contributed by atoms with E-state index in [2.05, 4.69) is 15.3 Å². The number of nitrogens with one attached hydrogen (secondary N) is 1. The first-order valence-electron chi connectivity index (χ1n) is 6.84. The molecule has 1 fully saturated rings. The summed E-state index contributed by atoms with van der Waals surface area (Å²) in [6, 6.07) is 1.28. The van der Waals surface area contributed by atoms with Crippen LogP contribution in [0.1, 0.15) is 13.8 Å². The lowest BCUT2D eigenvalue weighted by atomic mass is 10.2. The van der Waals surface area contributed by atoms with Crippen LogP contribution in [-0.2, 0) is 9.53 Å². The van der Waals surface area contributed by atoms with Gasteiger partial charge in [-0.1, -0.05) is 0 Å². The Morgan fingerprint density at radius 1 is 1.57 bits per heavy atom. The van der Waals surface area contributed by atoms with Gasteiger partial charge in [-0.3, -0.25) is 4.79 Å². The fourth-order valence-corrected chi connectivity index (χ4v) is 2.16. The molecule has 0 radical (unpaired) electrons. The average Bonchev–Trinajstić information content (AvgIpc) is 2.45. The Labute approximate surface area is 123 Å². The molecule has 0 bridgehead atoms. The first-order chi connectivity index (χ1) is 10.0. The minimum Gasteiger partial charge on any atom is -0.481 e. The van der Waals surface area contributed by atoms with Gasteiger partial charge in [0.05, 0.1) is 20.3 Å². The Kier molecular flexibility index (Phi) is 4.79. The number of rotatable bonds is 4. The highest BCUT2D eigenvalue weighted by atomic mass is 16.5. The number of methoxy groups -OCH3 is 1. The molecule has 1 unspecified atom stereocenters. The number of amides is 1. The van der Waals surface area contributed by atoms with Gasteiger partial charge in [0.15, 0.2) is 0 Å². The normalized spacial score (nSPS) is 18.7. The summed E-state index contributed by atoms with van der Waals surface area (Å²) in [5.41, 5.74) is 5.68. The summed E-state index contributed by atoms with van der Waals surface area (Å²) in [6.07, 6.45) is 0. The van der Waals surface area contributed by atoms with Gasteiger partial charge in [0.2, 0.25) is 17.7 Å². The van der Waals surface area contributed by atoms with Crippen molar-refractivity contribution in [3.05, 3.63) is 6.07 Å². The van der Waals surface area contributed by atoms with Gasteiger partial charge < -0.3 is 25.4 Å². The van der Waals surface area contributed by atoms with E-state index in [1.165, 1.54) is 7.11 Å². The molecule has 116 valence electrons. The predicted molar refractivity (Wildman–Crippen MR) is 78.2 cm³/mol. The van der Waals surface area contributed by atoms with E-state index in [1.807, 2.05) is 18.7 Å². The smallest absolute Gasteiger partial charge is 0.245 e. The molecule has 1 aliphatic heterocycles. The van der Waals surface area contributed by atoms with E-state index >= 15 is 0 Å². The monoisotopic (exact) mass is 295 g/mol. The molecule has 1 saturated heterocycles. The molecular weight excluding hydrogens is 274 g/mol. The molecule has 1 amide bonds. The maximum absolute atomic E-state index is 12.3. The molecular formula is C13H21N5O3. The van der Waals surface area contributed by atoms with Crippen LogP contribution in [0.5, 0.6) is 5.88 Å². The second kappa shape index (κ2) is 6.57. The molecule has 1 aromatic heterocycles. The standard InChI is InChI=1S/C13H21N5O3/c1-8(2)15-12(19)9-7-21-5-4-18(9)10-6-11(20-3)17-13(14)16-10/h6,8-9H,4-5,7H2,1-3H3,(H,15,19)(H2,14,16,17). The highest BCUT2D eigenvalue weighted by molar-refractivity contribution is 5.85. The third-order valence-electron chi connectivity index (χ3n) is 3.07. The number of anilines is 2. The summed E-state index contributed by atoms with van der Waals surface area (Å²) in [6.45, 7) is 5.22. The average molecular weight is 295 g/mol. The van der Waals surface area contributed by atoms with Crippen LogP contribution in [0.25, 0.3) is 0 Å². The van der Waals surface area contributed by atoms with Gasteiger partial charge in [-0.2, -0.15) is 9.97 Å². The van der Waals surface area contributed by atoms with Crippen LogP contribution >= 0.6 is 0 Å². The number of hydrogen-bond donors (Lipinski definition) is 2. The molecule has 1 atom stereocenters. The highest BCUT2D eigenvalue weighted by Crippen LogP contribution is 2.22. The predicted octanol–water partition coefficient (Wildman–Crippen LogP) is -0.203. The van der Waals surface area contributed by atoms with Crippen molar-refractivity contribution < 1.29 is 14.3 Å². The van der Waals surface area contributed by atoms with E-state index in [0.717, 1.165) is 0 Å². The molecule has 0 aliphatic carbocycles. The summed E-state index contributed by atoms with van der Waals surface area (Å²) in [7, 11) is 1.51. The fraction of sp³-hybridized carbons (Fsp3) is 0.615. The van der Waals surface area contributed by atoms with Crippen LogP contribution in [0.2, 0.25) is 0 Å². The van der Waals surface area contributed by atoms with Gasteiger partial charge in [-0.15, -0.1) is 0 Å². The molecule has 0 saturated carbocycles. The second-order valence-corrected chi connectivity index (χ2v) is 5.07. The lowest BCUT2D eigenvalue weighted by Gasteiger charge is -2.35. The quantitative estimate of drug-likeness (QED) is 0.792. The Balaban J connectivity index is 2.26. The first-order valence-corrected chi connectivity index (χ1v) is 6.84. The van der Waals surface area contributed by atoms with E-state index < -0.39 is 6.04 Å². The summed E-state index contributed by atoms with van der Waals surface area (Å²) >= 11 is 0. The van der Waals surface area contributed by atoms with Crippen molar-refractivity contribution in [2.24, 2.45) is 0 Å². The van der Waals surface area contributed by atoms with Gasteiger partial charge in [0.25, 0.3) is 0 Å². The Morgan fingerprint density at radius 2 is 2.33 bits per heavy atom. The minimum atomic E-state index is -0.444. The topological polar surface area (TPSA) is 103 Å². The van der Waals surface area contributed by atoms with Gasteiger partial charge in [0.1, 0.15) is 11.9 Å². The number of morpholine rings is 1. The van der Waals surface area contributed by atoms with E-state index in [-0.39, 0.29) is 17.9 Å². The van der Waals surface area contributed by atoms with E-state index in [4.69, 9.17) is 15.2 Å². The number of ether oxygens (including phenoxy) is 2. The van der Waals surface area contributed by atoms with Crippen molar-refractivity contribution >= 4 is 17.7 Å². The lowest BCUT2D eigenvalue weighted by Crippen LogP contribution is -2.55. The summed E-state index contributed by atoms with van der Waals surface area (Å²) < 4.78 is 10.5. The maximum Gasteiger partial charge on any atom is 0.245 e. The Hall–Kier alpha value is -2.09. The molecule has 1 aliphatic rings. The summed E-state index contributed by atoms with van der Waals surface area (Å²) in [4.78, 5) is 22.3. The third kappa shape index (κ3) is 3.72. The SMILES string of the molecule is COc1cc(N2CCOCC2C(=O)NC(C)C)nc(N)n1. The van der Waals surface area contributed by atoms with Crippen molar-refractivity contribution in [2.45, 2.75) is 25.9 Å². The van der Waals surface area contributed by atoms with Crippen molar-refractivity contribution in [1.82, 2.24) is 15.3 Å². The van der Waals surface area contributed by atoms with Gasteiger partial charge in [0, 0.05) is 18.7 Å². The van der Waals surface area contributed by atoms with Crippen LogP contribution in [0.15, 0.2) is 6.07 Å². The molecule has 1 aromatic rings. The van der Waals surface area contributed by atoms with Crippen molar-refractivity contribution in [3.63, 3.8) is 0 Å². The van der Waals surface area contributed by atoms with Crippen LogP contribution in [0.3, 0.4) is 0 Å². The first kappa shape index (κ1) is 15.3. The second-order valence-electron chi connectivity index (χ2n) is 5.07. The molecule has 2 heterocycles. The molecule has 2 rings (SSSR count). The van der Waals surface area contributed by atoms with Gasteiger partial charge in [-0.25, -0.2) is 0 Å². The lowest BCUT2D eigenvalue weighted by molar-refractivity contribution is -0.125. The van der Waals surface area contributed by atoms with E-state index in [1.54, 1.807) is 6.07 Å². The summed E-state index contributed by atoms with van der Waals surface area (Å²) in [5, 5.41) is 2.89. The van der Waals surface area contributed by atoms with Gasteiger partial charge in [-0.05, 0) is 13.8 Å². The van der Waals surface area contributed by atoms with E-state index in [0.29, 0.717) is 31.5 Å². The number of nitrogen functional groups attached to an aromatic ring is 1. The largest absolute Gasteiger partial charge is 0.481 e. The zero-order valence-corrected chi connectivity index (χ0v) is 12.5. The highest BCUT2D eigenvalue weighted by Gasteiger charge is 2.31. The number of carbonyl (C=O) groups is 1. The Morgan fingerprint density at radius 3 is 3.00 bits per heavy atom. The molecule has 0 spiro atoms. The van der Waals surface area contributed by atoms with Crippen LogP contribution in [-0.4, -0.2) is 54.8 Å². The molecule has 21 heavy (non-hydrogen) atoms. The zero-order valence-electron chi connectivity index (χ0n) is 12.5. The number of nitrogens with two attached hydrogens (primary N) is 1.